The lowest BCUT2D eigenvalue weighted by atomic mass is 10.1. The van der Waals surface area contributed by atoms with Crippen LogP contribution in [0.5, 0.6) is 0 Å². The van der Waals surface area contributed by atoms with Gasteiger partial charge in [0.25, 0.3) is 0 Å². The Morgan fingerprint density at radius 2 is 1.58 bits per heavy atom. The van der Waals surface area contributed by atoms with E-state index < -0.39 is 0 Å². The van der Waals surface area contributed by atoms with Crippen molar-refractivity contribution in [2.24, 2.45) is 5.10 Å². The van der Waals surface area contributed by atoms with Gasteiger partial charge in [0.15, 0.2) is 0 Å². The average molecular weight is 250 g/mol. The SMILES string of the molecule is C(=Cc1ccc(N2N=CCO2)cc1)c1ccccc1. The Kier molecular flexibility index (Phi) is 3.38. The van der Waals surface area contributed by atoms with Gasteiger partial charge in [-0.05, 0) is 23.3 Å². The van der Waals surface area contributed by atoms with Crippen LogP contribution >= 0.6 is 0 Å². The molecular formula is C16H14N2O. The standard InChI is InChI=1S/C16H14N2O/c1-2-4-14(5-3-1)6-7-15-8-10-16(11-9-15)18-17-12-13-19-18/h1-12H,13H2. The van der Waals surface area contributed by atoms with Crippen molar-refractivity contribution < 1.29 is 4.84 Å². The predicted molar refractivity (Wildman–Crippen MR) is 78.7 cm³/mol. The monoisotopic (exact) mass is 250 g/mol. The number of nitrogens with zero attached hydrogens (tertiary/aromatic N) is 2. The molecular weight excluding hydrogens is 236 g/mol. The van der Waals surface area contributed by atoms with Gasteiger partial charge in [-0.15, -0.1) is 5.17 Å². The molecule has 0 unspecified atom stereocenters. The van der Waals surface area contributed by atoms with Crippen molar-refractivity contribution >= 4 is 24.1 Å². The van der Waals surface area contributed by atoms with Crippen LogP contribution in [0.1, 0.15) is 11.1 Å². The number of hydrogen-bond donors (Lipinski definition) is 0. The molecule has 2 aromatic rings. The summed E-state index contributed by atoms with van der Waals surface area (Å²) in [5.74, 6) is 0. The first-order valence-electron chi connectivity index (χ1n) is 6.20. The lowest BCUT2D eigenvalue weighted by Crippen LogP contribution is -2.10. The molecule has 94 valence electrons. The van der Waals surface area contributed by atoms with Gasteiger partial charge in [-0.1, -0.05) is 54.6 Å². The average Bonchev–Trinajstić information content (AvgIpc) is 3.01. The number of benzene rings is 2. The van der Waals surface area contributed by atoms with E-state index in [1.807, 2.05) is 42.5 Å². The van der Waals surface area contributed by atoms with Gasteiger partial charge >= 0.3 is 0 Å². The summed E-state index contributed by atoms with van der Waals surface area (Å²) in [6, 6.07) is 18.3. The Bertz CT molecular complexity index is 588. The molecule has 0 saturated carbocycles. The quantitative estimate of drug-likeness (QED) is 0.778. The van der Waals surface area contributed by atoms with Crippen LogP contribution in [-0.4, -0.2) is 12.8 Å². The van der Waals surface area contributed by atoms with Crippen LogP contribution in [0.3, 0.4) is 0 Å². The minimum Gasteiger partial charge on any atom is -0.246 e. The van der Waals surface area contributed by atoms with Gasteiger partial charge < -0.3 is 0 Å². The minimum atomic E-state index is 0.537. The van der Waals surface area contributed by atoms with Crippen LogP contribution in [0.25, 0.3) is 12.2 Å². The second-order valence-corrected chi connectivity index (χ2v) is 4.20. The largest absolute Gasteiger partial charge is 0.246 e. The molecule has 0 radical (unpaired) electrons. The molecule has 2 aromatic carbocycles. The van der Waals surface area contributed by atoms with Crippen molar-refractivity contribution in [2.75, 3.05) is 11.8 Å². The first-order chi connectivity index (χ1) is 9.42. The van der Waals surface area contributed by atoms with Gasteiger partial charge in [0, 0.05) is 0 Å². The van der Waals surface area contributed by atoms with Crippen LogP contribution < -0.4 is 5.17 Å². The molecule has 3 rings (SSSR count). The Hall–Kier alpha value is -2.39. The third kappa shape index (κ3) is 2.89. The zero-order chi connectivity index (χ0) is 12.9. The van der Waals surface area contributed by atoms with E-state index in [0.29, 0.717) is 6.61 Å². The van der Waals surface area contributed by atoms with Crippen LogP contribution in [-0.2, 0) is 4.84 Å². The molecule has 1 heterocycles. The fourth-order valence-electron chi connectivity index (χ4n) is 1.86. The summed E-state index contributed by atoms with van der Waals surface area (Å²) >= 11 is 0. The van der Waals surface area contributed by atoms with E-state index in [9.17, 15) is 0 Å². The van der Waals surface area contributed by atoms with Crippen molar-refractivity contribution in [1.29, 1.82) is 0 Å². The van der Waals surface area contributed by atoms with Crippen molar-refractivity contribution in [1.82, 2.24) is 0 Å². The second kappa shape index (κ2) is 5.50. The number of hydrogen-bond acceptors (Lipinski definition) is 3. The highest BCUT2D eigenvalue weighted by atomic mass is 16.7. The van der Waals surface area contributed by atoms with Gasteiger partial charge in [0.2, 0.25) is 0 Å². The molecule has 0 bridgehead atoms. The van der Waals surface area contributed by atoms with Gasteiger partial charge in [-0.2, -0.15) is 5.10 Å². The molecule has 1 aliphatic rings. The maximum absolute atomic E-state index is 5.30. The normalized spacial score (nSPS) is 14.4. The Labute approximate surface area is 112 Å². The summed E-state index contributed by atoms with van der Waals surface area (Å²) in [5.41, 5.74) is 3.28. The second-order valence-electron chi connectivity index (χ2n) is 4.20. The van der Waals surface area contributed by atoms with Crippen LogP contribution in [0.15, 0.2) is 59.7 Å². The van der Waals surface area contributed by atoms with Gasteiger partial charge in [-0.25, -0.2) is 4.84 Å². The lowest BCUT2D eigenvalue weighted by Gasteiger charge is -2.11. The van der Waals surface area contributed by atoms with E-state index in [4.69, 9.17) is 4.84 Å². The van der Waals surface area contributed by atoms with E-state index in [1.165, 1.54) is 10.7 Å². The third-order valence-electron chi connectivity index (χ3n) is 2.84. The van der Waals surface area contributed by atoms with E-state index in [1.54, 1.807) is 6.21 Å². The van der Waals surface area contributed by atoms with Crippen molar-refractivity contribution in [3.05, 3.63) is 65.7 Å². The fraction of sp³-hybridized carbons (Fsp3) is 0.0625. The Morgan fingerprint density at radius 3 is 2.21 bits per heavy atom. The fourth-order valence-corrected chi connectivity index (χ4v) is 1.86. The number of anilines is 1. The first-order valence-corrected chi connectivity index (χ1v) is 6.20. The molecule has 0 fully saturated rings. The molecule has 0 aromatic heterocycles. The summed E-state index contributed by atoms with van der Waals surface area (Å²) in [5, 5.41) is 5.63. The van der Waals surface area contributed by atoms with Gasteiger partial charge in [-0.3, -0.25) is 0 Å². The molecule has 0 N–H and O–H groups in total. The van der Waals surface area contributed by atoms with Crippen LogP contribution in [0, 0.1) is 0 Å². The topological polar surface area (TPSA) is 24.8 Å². The van der Waals surface area contributed by atoms with E-state index in [2.05, 4.69) is 29.4 Å². The summed E-state index contributed by atoms with van der Waals surface area (Å²) in [4.78, 5) is 5.30. The molecule has 19 heavy (non-hydrogen) atoms. The number of hydrazone groups is 1. The molecule has 0 aliphatic carbocycles. The smallest absolute Gasteiger partial charge is 0.114 e. The van der Waals surface area contributed by atoms with E-state index in [0.717, 1.165) is 11.3 Å². The first kappa shape index (κ1) is 11.7. The molecule has 0 amide bonds. The summed E-state index contributed by atoms with van der Waals surface area (Å²) < 4.78 is 0. The molecule has 3 heteroatoms. The van der Waals surface area contributed by atoms with E-state index >= 15 is 0 Å². The Morgan fingerprint density at radius 1 is 0.895 bits per heavy atom. The minimum absolute atomic E-state index is 0.537. The van der Waals surface area contributed by atoms with Gasteiger partial charge in [0.1, 0.15) is 6.61 Å². The summed E-state index contributed by atoms with van der Waals surface area (Å²) in [7, 11) is 0. The molecule has 0 spiro atoms. The van der Waals surface area contributed by atoms with E-state index in [-0.39, 0.29) is 0 Å². The molecule has 0 saturated heterocycles. The summed E-state index contributed by atoms with van der Waals surface area (Å²) in [6.45, 7) is 0.537. The number of rotatable bonds is 3. The summed E-state index contributed by atoms with van der Waals surface area (Å²) in [6.07, 6.45) is 5.93. The van der Waals surface area contributed by atoms with Crippen molar-refractivity contribution in [3.8, 4) is 0 Å². The highest BCUT2D eigenvalue weighted by Gasteiger charge is 2.08. The molecule has 3 nitrogen and oxygen atoms in total. The van der Waals surface area contributed by atoms with Crippen molar-refractivity contribution in [2.45, 2.75) is 0 Å². The maximum atomic E-state index is 5.30. The molecule has 1 aliphatic heterocycles. The zero-order valence-corrected chi connectivity index (χ0v) is 10.4. The van der Waals surface area contributed by atoms with Crippen molar-refractivity contribution in [3.63, 3.8) is 0 Å². The maximum Gasteiger partial charge on any atom is 0.114 e. The van der Waals surface area contributed by atoms with Crippen LogP contribution in [0.2, 0.25) is 0 Å². The lowest BCUT2D eigenvalue weighted by molar-refractivity contribution is 0.167. The highest BCUT2D eigenvalue weighted by Crippen LogP contribution is 2.18. The highest BCUT2D eigenvalue weighted by molar-refractivity contribution is 5.70. The van der Waals surface area contributed by atoms with Gasteiger partial charge in [0.05, 0.1) is 11.9 Å². The third-order valence-corrected chi connectivity index (χ3v) is 2.84. The molecule has 0 atom stereocenters. The predicted octanol–water partition coefficient (Wildman–Crippen LogP) is 3.59. The zero-order valence-electron chi connectivity index (χ0n) is 10.4. The Balaban J connectivity index is 1.72. The van der Waals surface area contributed by atoms with Crippen LogP contribution in [0.4, 0.5) is 5.69 Å².